The molecule has 0 saturated heterocycles. The largest absolute Gasteiger partial charge is 0.417 e. The van der Waals surface area contributed by atoms with Crippen LogP contribution < -0.4 is 5.32 Å². The van der Waals surface area contributed by atoms with Gasteiger partial charge in [0.05, 0.1) is 0 Å². The molecule has 0 spiro atoms. The molecule has 0 atom stereocenters. The van der Waals surface area contributed by atoms with Crippen molar-refractivity contribution in [2.45, 2.75) is 45.3 Å². The van der Waals surface area contributed by atoms with Crippen LogP contribution in [0, 0.1) is 0 Å². The Hall–Kier alpha value is -0.803. The van der Waals surface area contributed by atoms with Gasteiger partial charge in [0.25, 0.3) is 0 Å². The Kier molecular flexibility index (Phi) is 7.06. The van der Waals surface area contributed by atoms with Crippen molar-refractivity contribution in [1.29, 1.82) is 0 Å². The summed E-state index contributed by atoms with van der Waals surface area (Å²) >= 11 is 0. The fourth-order valence-electron chi connectivity index (χ4n) is 2.39. The molecule has 0 aliphatic heterocycles. The number of benzene rings is 1. The van der Waals surface area contributed by atoms with Gasteiger partial charge in [0.2, 0.25) is 0 Å². The van der Waals surface area contributed by atoms with Gasteiger partial charge in [-0.2, -0.15) is 0 Å². The van der Waals surface area contributed by atoms with Crippen molar-refractivity contribution in [2.24, 2.45) is 0 Å². The van der Waals surface area contributed by atoms with Crippen molar-refractivity contribution in [3.05, 3.63) is 30.3 Å². The molecule has 1 N–H and O–H groups in total. The summed E-state index contributed by atoms with van der Waals surface area (Å²) in [5, 5.41) is 3.47. The minimum atomic E-state index is -1.42. The number of nitrogens with one attached hydrogen (secondary N) is 1. The van der Waals surface area contributed by atoms with Crippen molar-refractivity contribution in [1.82, 2.24) is 0 Å². The van der Waals surface area contributed by atoms with Gasteiger partial charge in [-0.1, -0.05) is 32.0 Å². The first kappa shape index (κ1) is 15.3. The summed E-state index contributed by atoms with van der Waals surface area (Å²) in [5.41, 5.74) is 1.22. The Morgan fingerprint density at radius 2 is 1.72 bits per heavy atom. The molecular weight excluding hydrogens is 238 g/mol. The maximum absolute atomic E-state index is 6.09. The van der Waals surface area contributed by atoms with E-state index in [0.29, 0.717) is 0 Å². The minimum Gasteiger partial charge on any atom is -0.417 e. The fourth-order valence-corrected chi connectivity index (χ4v) is 5.58. The summed E-state index contributed by atoms with van der Waals surface area (Å²) in [6.07, 6.45) is 1.21. The van der Waals surface area contributed by atoms with E-state index in [1.54, 1.807) is 0 Å². The molecule has 0 bridgehead atoms. The molecule has 0 saturated carbocycles. The first-order valence-electron chi connectivity index (χ1n) is 7.19. The van der Waals surface area contributed by atoms with Crippen LogP contribution in [0.25, 0.3) is 0 Å². The predicted molar refractivity (Wildman–Crippen MR) is 82.7 cm³/mol. The molecule has 1 rings (SSSR count). The number of para-hydroxylation sites is 1. The third kappa shape index (κ3) is 4.82. The van der Waals surface area contributed by atoms with E-state index in [9.17, 15) is 0 Å². The molecule has 0 aliphatic carbocycles. The molecule has 0 amide bonds. The molecular formula is C15H27NOSi. The zero-order valence-electron chi connectivity index (χ0n) is 12.0. The van der Waals surface area contributed by atoms with Crippen LogP contribution >= 0.6 is 0 Å². The third-order valence-electron chi connectivity index (χ3n) is 3.65. The highest BCUT2D eigenvalue weighted by Gasteiger charge is 2.29. The van der Waals surface area contributed by atoms with Gasteiger partial charge in [-0.05, 0) is 43.6 Å². The summed E-state index contributed by atoms with van der Waals surface area (Å²) < 4.78 is 6.09. The molecule has 1 aromatic rings. The Balaban J connectivity index is 2.31. The molecule has 2 nitrogen and oxygen atoms in total. The zero-order chi connectivity index (χ0) is 13.3. The van der Waals surface area contributed by atoms with E-state index >= 15 is 0 Å². The molecule has 0 radical (unpaired) electrons. The van der Waals surface area contributed by atoms with Gasteiger partial charge >= 0.3 is 0 Å². The van der Waals surface area contributed by atoms with Crippen LogP contribution in [0.5, 0.6) is 0 Å². The molecule has 0 fully saturated rings. The maximum Gasteiger partial charge on any atom is 0.192 e. The van der Waals surface area contributed by atoms with Crippen LogP contribution in [0.3, 0.4) is 0 Å². The van der Waals surface area contributed by atoms with Gasteiger partial charge in [0, 0.05) is 18.8 Å². The number of anilines is 1. The summed E-state index contributed by atoms with van der Waals surface area (Å²) in [4.78, 5) is 0. The number of hydrogen-bond acceptors (Lipinski definition) is 2. The second-order valence-electron chi connectivity index (χ2n) is 4.72. The minimum absolute atomic E-state index is 0.875. The summed E-state index contributed by atoms with van der Waals surface area (Å²) in [5.74, 6) is 0. The SMILES string of the molecule is CCO[Si](CC)(CC)CCCNc1ccccc1. The van der Waals surface area contributed by atoms with Gasteiger partial charge in [0.1, 0.15) is 0 Å². The lowest BCUT2D eigenvalue weighted by Gasteiger charge is -2.28. The van der Waals surface area contributed by atoms with E-state index in [-0.39, 0.29) is 0 Å². The van der Waals surface area contributed by atoms with Gasteiger partial charge < -0.3 is 9.74 Å². The first-order chi connectivity index (χ1) is 8.76. The first-order valence-corrected chi connectivity index (χ1v) is 9.72. The maximum atomic E-state index is 6.09. The lowest BCUT2D eigenvalue weighted by molar-refractivity contribution is 0.319. The van der Waals surface area contributed by atoms with Crippen molar-refractivity contribution in [3.8, 4) is 0 Å². The summed E-state index contributed by atoms with van der Waals surface area (Å²) in [6.45, 7) is 8.62. The van der Waals surface area contributed by atoms with Crippen molar-refractivity contribution in [2.75, 3.05) is 18.5 Å². The number of hydrogen-bond donors (Lipinski definition) is 1. The monoisotopic (exact) mass is 265 g/mol. The quantitative estimate of drug-likeness (QED) is 0.524. The highest BCUT2D eigenvalue weighted by atomic mass is 28.4. The standard InChI is InChI=1S/C15H27NOSi/c1-4-17-18(5-2,6-3)14-10-13-16-15-11-8-7-9-12-15/h7-9,11-12,16H,4-6,10,13-14H2,1-3H3. The Morgan fingerprint density at radius 1 is 1.06 bits per heavy atom. The second kappa shape index (κ2) is 8.33. The average Bonchev–Trinajstić information content (AvgIpc) is 2.43. The van der Waals surface area contributed by atoms with E-state index in [1.807, 2.05) is 6.07 Å². The molecule has 18 heavy (non-hydrogen) atoms. The lowest BCUT2D eigenvalue weighted by atomic mass is 10.3. The van der Waals surface area contributed by atoms with Gasteiger partial charge in [-0.15, -0.1) is 0 Å². The molecule has 0 unspecified atom stereocenters. The highest BCUT2D eigenvalue weighted by Crippen LogP contribution is 2.23. The molecule has 0 aliphatic rings. The molecule has 3 heteroatoms. The van der Waals surface area contributed by atoms with Crippen molar-refractivity contribution >= 4 is 14.0 Å². The van der Waals surface area contributed by atoms with E-state index in [2.05, 4.69) is 50.4 Å². The number of rotatable bonds is 9. The van der Waals surface area contributed by atoms with Crippen LogP contribution in [-0.2, 0) is 4.43 Å². The van der Waals surface area contributed by atoms with Gasteiger partial charge in [-0.3, -0.25) is 0 Å². The predicted octanol–water partition coefficient (Wildman–Crippen LogP) is 4.51. The van der Waals surface area contributed by atoms with E-state index in [0.717, 1.165) is 13.2 Å². The highest BCUT2D eigenvalue weighted by molar-refractivity contribution is 6.73. The Morgan fingerprint density at radius 3 is 2.28 bits per heavy atom. The molecule has 0 heterocycles. The van der Waals surface area contributed by atoms with Gasteiger partial charge in [-0.25, -0.2) is 0 Å². The van der Waals surface area contributed by atoms with Crippen LogP contribution in [0.2, 0.25) is 18.1 Å². The lowest BCUT2D eigenvalue weighted by Crippen LogP contribution is -2.37. The topological polar surface area (TPSA) is 21.3 Å². The average molecular weight is 265 g/mol. The van der Waals surface area contributed by atoms with Crippen molar-refractivity contribution in [3.63, 3.8) is 0 Å². The van der Waals surface area contributed by atoms with E-state index in [1.165, 1.54) is 30.2 Å². The zero-order valence-corrected chi connectivity index (χ0v) is 13.0. The van der Waals surface area contributed by atoms with Crippen molar-refractivity contribution < 1.29 is 4.43 Å². The van der Waals surface area contributed by atoms with Crippen LogP contribution in [0.15, 0.2) is 30.3 Å². The van der Waals surface area contributed by atoms with Crippen LogP contribution in [-0.4, -0.2) is 21.5 Å². The van der Waals surface area contributed by atoms with E-state index < -0.39 is 8.32 Å². The van der Waals surface area contributed by atoms with Gasteiger partial charge in [0.15, 0.2) is 8.32 Å². The summed E-state index contributed by atoms with van der Waals surface area (Å²) in [6, 6.07) is 14.2. The smallest absolute Gasteiger partial charge is 0.192 e. The fraction of sp³-hybridized carbons (Fsp3) is 0.600. The van der Waals surface area contributed by atoms with Crippen LogP contribution in [0.1, 0.15) is 27.2 Å². The molecule has 0 aromatic heterocycles. The normalized spacial score (nSPS) is 11.5. The van der Waals surface area contributed by atoms with E-state index in [4.69, 9.17) is 4.43 Å². The Bertz CT molecular complexity index is 312. The molecule has 102 valence electrons. The third-order valence-corrected chi connectivity index (χ3v) is 8.39. The van der Waals surface area contributed by atoms with Crippen LogP contribution in [0.4, 0.5) is 5.69 Å². The molecule has 1 aromatic carbocycles. The Labute approximate surface area is 113 Å². The summed E-state index contributed by atoms with van der Waals surface area (Å²) in [7, 11) is -1.42. The second-order valence-corrected chi connectivity index (χ2v) is 9.29.